The molecule has 1 aromatic rings. The Morgan fingerprint density at radius 1 is 1.33 bits per heavy atom. The third-order valence-corrected chi connectivity index (χ3v) is 1.84. The van der Waals surface area contributed by atoms with E-state index < -0.39 is 5.97 Å². The zero-order chi connectivity index (χ0) is 11.3. The predicted octanol–water partition coefficient (Wildman–Crippen LogP) is 1.80. The molecular formula is C11H12O4. The van der Waals surface area contributed by atoms with Crippen LogP contribution in [0.1, 0.15) is 5.56 Å². The number of methoxy groups -OCH3 is 2. The van der Waals surface area contributed by atoms with Crippen molar-refractivity contribution in [2.45, 2.75) is 0 Å². The van der Waals surface area contributed by atoms with Crippen LogP contribution in [-0.2, 0) is 4.79 Å². The van der Waals surface area contributed by atoms with Gasteiger partial charge in [-0.05, 0) is 24.3 Å². The molecule has 0 aliphatic carbocycles. The van der Waals surface area contributed by atoms with E-state index >= 15 is 0 Å². The summed E-state index contributed by atoms with van der Waals surface area (Å²) in [5.74, 6) is 0.258. The van der Waals surface area contributed by atoms with E-state index in [2.05, 4.69) is 0 Å². The van der Waals surface area contributed by atoms with Gasteiger partial charge in [-0.25, -0.2) is 4.79 Å². The van der Waals surface area contributed by atoms with E-state index in [0.29, 0.717) is 17.1 Å². The Bertz CT molecular complexity index is 382. The standard InChI is InChI=1S/C11H12O4/c1-14-9-4-5-10(15-2)8(7-9)3-6-11(12)13/h3-7H,1-2H3,(H,12,13). The number of carbonyl (C=O) groups is 1. The first kappa shape index (κ1) is 11.1. The van der Waals surface area contributed by atoms with Crippen LogP contribution < -0.4 is 9.47 Å². The lowest BCUT2D eigenvalue weighted by Crippen LogP contribution is -1.91. The van der Waals surface area contributed by atoms with Crippen LogP contribution in [0.4, 0.5) is 0 Å². The molecule has 0 amide bonds. The molecule has 0 unspecified atom stereocenters. The molecule has 80 valence electrons. The molecule has 0 aliphatic heterocycles. The van der Waals surface area contributed by atoms with E-state index in [4.69, 9.17) is 14.6 Å². The number of carboxylic acid groups (broad SMARTS) is 1. The highest BCUT2D eigenvalue weighted by atomic mass is 16.5. The maximum Gasteiger partial charge on any atom is 0.328 e. The number of rotatable bonds is 4. The largest absolute Gasteiger partial charge is 0.497 e. The van der Waals surface area contributed by atoms with Gasteiger partial charge >= 0.3 is 5.97 Å². The van der Waals surface area contributed by atoms with Gasteiger partial charge in [-0.1, -0.05) is 0 Å². The van der Waals surface area contributed by atoms with Crippen molar-refractivity contribution < 1.29 is 19.4 Å². The van der Waals surface area contributed by atoms with Crippen molar-refractivity contribution in [1.82, 2.24) is 0 Å². The van der Waals surface area contributed by atoms with Gasteiger partial charge in [-0.15, -0.1) is 0 Å². The Kier molecular flexibility index (Phi) is 3.74. The van der Waals surface area contributed by atoms with Gasteiger partial charge in [0.1, 0.15) is 11.5 Å². The summed E-state index contributed by atoms with van der Waals surface area (Å²) in [6.07, 6.45) is 2.51. The SMILES string of the molecule is COc1ccc(OC)c(C=CC(=O)O)c1. The van der Waals surface area contributed by atoms with Gasteiger partial charge in [0.2, 0.25) is 0 Å². The molecule has 0 fully saturated rings. The van der Waals surface area contributed by atoms with E-state index in [9.17, 15) is 4.79 Å². The summed E-state index contributed by atoms with van der Waals surface area (Å²) in [7, 11) is 3.08. The van der Waals surface area contributed by atoms with Crippen molar-refractivity contribution >= 4 is 12.0 Å². The summed E-state index contributed by atoms with van der Waals surface area (Å²) in [4.78, 5) is 10.4. The highest BCUT2D eigenvalue weighted by molar-refractivity contribution is 5.86. The van der Waals surface area contributed by atoms with E-state index in [1.807, 2.05) is 0 Å². The smallest absolute Gasteiger partial charge is 0.328 e. The molecule has 1 aromatic carbocycles. The Balaban J connectivity index is 3.06. The van der Waals surface area contributed by atoms with E-state index in [1.54, 1.807) is 25.3 Å². The maximum atomic E-state index is 10.4. The molecule has 4 nitrogen and oxygen atoms in total. The second kappa shape index (κ2) is 5.05. The van der Waals surface area contributed by atoms with Crippen LogP contribution in [0.25, 0.3) is 6.08 Å². The number of benzene rings is 1. The second-order valence-electron chi connectivity index (χ2n) is 2.78. The van der Waals surface area contributed by atoms with Gasteiger partial charge in [0.05, 0.1) is 14.2 Å². The van der Waals surface area contributed by atoms with Crippen LogP contribution in [0.15, 0.2) is 24.3 Å². The predicted molar refractivity (Wildman–Crippen MR) is 56.2 cm³/mol. The third kappa shape index (κ3) is 3.02. The average molecular weight is 208 g/mol. The number of ether oxygens (including phenoxy) is 2. The van der Waals surface area contributed by atoms with Crippen LogP contribution in [0.3, 0.4) is 0 Å². The van der Waals surface area contributed by atoms with Crippen LogP contribution in [0.2, 0.25) is 0 Å². The summed E-state index contributed by atoms with van der Waals surface area (Å²) in [6, 6.07) is 5.18. The zero-order valence-electron chi connectivity index (χ0n) is 8.56. The molecular weight excluding hydrogens is 196 g/mol. The van der Waals surface area contributed by atoms with E-state index in [-0.39, 0.29) is 0 Å². The first-order valence-electron chi connectivity index (χ1n) is 4.30. The fourth-order valence-electron chi connectivity index (χ4n) is 1.13. The van der Waals surface area contributed by atoms with Gasteiger partial charge in [-0.3, -0.25) is 0 Å². The van der Waals surface area contributed by atoms with Gasteiger partial charge in [0.25, 0.3) is 0 Å². The summed E-state index contributed by atoms with van der Waals surface area (Å²) >= 11 is 0. The molecule has 0 heterocycles. The van der Waals surface area contributed by atoms with E-state index in [1.165, 1.54) is 13.2 Å². The summed E-state index contributed by atoms with van der Waals surface area (Å²) in [5, 5.41) is 8.51. The number of hydrogen-bond acceptors (Lipinski definition) is 3. The van der Waals surface area contributed by atoms with Gasteiger partial charge in [0, 0.05) is 11.6 Å². The Morgan fingerprint density at radius 2 is 2.07 bits per heavy atom. The number of aliphatic carboxylic acids is 1. The lowest BCUT2D eigenvalue weighted by Gasteiger charge is -2.06. The van der Waals surface area contributed by atoms with Crippen LogP contribution in [0.5, 0.6) is 11.5 Å². The maximum absolute atomic E-state index is 10.4. The molecule has 0 saturated heterocycles. The van der Waals surface area contributed by atoms with Crippen LogP contribution in [-0.4, -0.2) is 25.3 Å². The first-order chi connectivity index (χ1) is 7.17. The molecule has 4 heteroatoms. The van der Waals surface area contributed by atoms with Crippen molar-refractivity contribution in [3.05, 3.63) is 29.8 Å². The summed E-state index contributed by atoms with van der Waals surface area (Å²) in [5.41, 5.74) is 0.666. The minimum atomic E-state index is -1.00. The average Bonchev–Trinajstić information content (AvgIpc) is 2.25. The number of hydrogen-bond donors (Lipinski definition) is 1. The van der Waals surface area contributed by atoms with Crippen molar-refractivity contribution in [2.75, 3.05) is 14.2 Å². The fraction of sp³-hybridized carbons (Fsp3) is 0.182. The highest BCUT2D eigenvalue weighted by Gasteiger charge is 2.02. The molecule has 0 atom stereocenters. The molecule has 1 N–H and O–H groups in total. The van der Waals surface area contributed by atoms with Crippen molar-refractivity contribution in [1.29, 1.82) is 0 Å². The molecule has 0 saturated carbocycles. The first-order valence-corrected chi connectivity index (χ1v) is 4.30. The Hall–Kier alpha value is -1.97. The van der Waals surface area contributed by atoms with Crippen molar-refractivity contribution in [3.8, 4) is 11.5 Å². The molecule has 1 rings (SSSR count). The number of carboxylic acids is 1. The van der Waals surface area contributed by atoms with E-state index in [0.717, 1.165) is 6.08 Å². The van der Waals surface area contributed by atoms with Gasteiger partial charge in [-0.2, -0.15) is 0 Å². The van der Waals surface area contributed by atoms with Crippen molar-refractivity contribution in [2.24, 2.45) is 0 Å². The zero-order valence-corrected chi connectivity index (χ0v) is 8.56. The van der Waals surface area contributed by atoms with Gasteiger partial charge < -0.3 is 14.6 Å². The minimum Gasteiger partial charge on any atom is -0.497 e. The molecule has 0 aliphatic rings. The lowest BCUT2D eigenvalue weighted by molar-refractivity contribution is -0.131. The van der Waals surface area contributed by atoms with Gasteiger partial charge in [0.15, 0.2) is 0 Å². The molecule has 15 heavy (non-hydrogen) atoms. The van der Waals surface area contributed by atoms with Crippen LogP contribution >= 0.6 is 0 Å². The van der Waals surface area contributed by atoms with Crippen molar-refractivity contribution in [3.63, 3.8) is 0 Å². The lowest BCUT2D eigenvalue weighted by atomic mass is 10.1. The third-order valence-electron chi connectivity index (χ3n) is 1.84. The Labute approximate surface area is 87.7 Å². The summed E-state index contributed by atoms with van der Waals surface area (Å²) < 4.78 is 10.1. The topological polar surface area (TPSA) is 55.8 Å². The molecule has 0 spiro atoms. The molecule has 0 aromatic heterocycles. The Morgan fingerprint density at radius 3 is 2.60 bits per heavy atom. The minimum absolute atomic E-state index is 0.605. The molecule has 0 radical (unpaired) electrons. The normalized spacial score (nSPS) is 10.3. The van der Waals surface area contributed by atoms with Crippen LogP contribution in [0, 0.1) is 0 Å². The summed E-state index contributed by atoms with van der Waals surface area (Å²) in [6.45, 7) is 0. The second-order valence-corrected chi connectivity index (χ2v) is 2.78. The highest BCUT2D eigenvalue weighted by Crippen LogP contribution is 2.24. The quantitative estimate of drug-likeness (QED) is 0.766. The monoisotopic (exact) mass is 208 g/mol. The molecule has 0 bridgehead atoms. The fourth-order valence-corrected chi connectivity index (χ4v) is 1.13.